The molecule has 10 heteroatoms. The molecule has 1 aromatic carbocycles. The summed E-state index contributed by atoms with van der Waals surface area (Å²) in [5.41, 5.74) is -1.40. The van der Waals surface area contributed by atoms with Crippen molar-refractivity contribution >= 4 is 23.3 Å². The summed E-state index contributed by atoms with van der Waals surface area (Å²) in [5, 5.41) is 24.5. The Morgan fingerprint density at radius 3 is 2.44 bits per heavy atom. The van der Waals surface area contributed by atoms with Gasteiger partial charge in [-0.25, -0.2) is 0 Å². The van der Waals surface area contributed by atoms with Crippen molar-refractivity contribution in [2.24, 2.45) is 0 Å². The topological polar surface area (TPSA) is 142 Å². The molecule has 0 radical (unpaired) electrons. The van der Waals surface area contributed by atoms with Gasteiger partial charge in [0.25, 0.3) is 17.3 Å². The highest BCUT2D eigenvalue weighted by Gasteiger charge is 2.31. The molecule has 1 amide bonds. The van der Waals surface area contributed by atoms with Crippen LogP contribution in [0.5, 0.6) is 0 Å². The first kappa shape index (κ1) is 18.3. The number of carbonyl (C=O) groups excluding carboxylic acids is 2. The van der Waals surface area contributed by atoms with Gasteiger partial charge in [-0.1, -0.05) is 6.42 Å². The van der Waals surface area contributed by atoms with Crippen LogP contribution < -0.4 is 5.32 Å². The van der Waals surface area contributed by atoms with Crippen LogP contribution in [0.1, 0.15) is 43.0 Å². The molecular formula is C15H17N3O7. The maximum absolute atomic E-state index is 12.4. The van der Waals surface area contributed by atoms with E-state index in [1.165, 1.54) is 6.92 Å². The first-order valence-corrected chi connectivity index (χ1v) is 7.70. The first-order chi connectivity index (χ1) is 11.8. The summed E-state index contributed by atoms with van der Waals surface area (Å²) in [6.45, 7) is 1.27. The summed E-state index contributed by atoms with van der Waals surface area (Å²) in [7, 11) is 0. The number of ether oxygens (including phenoxy) is 1. The number of carbonyl (C=O) groups is 2. The van der Waals surface area contributed by atoms with Gasteiger partial charge in [-0.15, -0.1) is 0 Å². The fourth-order valence-corrected chi connectivity index (χ4v) is 2.84. The van der Waals surface area contributed by atoms with E-state index in [0.29, 0.717) is 12.8 Å². The molecule has 25 heavy (non-hydrogen) atoms. The van der Waals surface area contributed by atoms with Crippen LogP contribution in [0.25, 0.3) is 0 Å². The Hall–Kier alpha value is -3.04. The highest BCUT2D eigenvalue weighted by atomic mass is 16.6. The van der Waals surface area contributed by atoms with Crippen molar-refractivity contribution in [2.75, 3.05) is 0 Å². The van der Waals surface area contributed by atoms with Gasteiger partial charge in [0.15, 0.2) is 0 Å². The molecule has 1 aliphatic rings. The zero-order chi connectivity index (χ0) is 18.6. The van der Waals surface area contributed by atoms with Crippen molar-refractivity contribution in [3.63, 3.8) is 0 Å². The molecule has 0 unspecified atom stereocenters. The lowest BCUT2D eigenvalue weighted by atomic mass is 9.92. The van der Waals surface area contributed by atoms with Crippen LogP contribution in [0.2, 0.25) is 0 Å². The van der Waals surface area contributed by atoms with E-state index in [2.05, 4.69) is 5.32 Å². The van der Waals surface area contributed by atoms with Crippen LogP contribution in [-0.4, -0.2) is 33.9 Å². The second-order valence-electron chi connectivity index (χ2n) is 5.73. The quantitative estimate of drug-likeness (QED) is 0.486. The van der Waals surface area contributed by atoms with Crippen LogP contribution >= 0.6 is 0 Å². The Morgan fingerprint density at radius 1 is 1.16 bits per heavy atom. The van der Waals surface area contributed by atoms with Gasteiger partial charge in [0.2, 0.25) is 0 Å². The number of hydrogen-bond donors (Lipinski definition) is 1. The minimum absolute atomic E-state index is 0.275. The monoisotopic (exact) mass is 351 g/mol. The predicted molar refractivity (Wildman–Crippen MR) is 85.0 cm³/mol. The van der Waals surface area contributed by atoms with E-state index in [0.717, 1.165) is 31.0 Å². The lowest BCUT2D eigenvalue weighted by molar-refractivity contribution is -0.394. The molecule has 2 rings (SSSR count). The number of benzene rings is 1. The average Bonchev–Trinajstić information content (AvgIpc) is 2.55. The highest BCUT2D eigenvalue weighted by Crippen LogP contribution is 2.26. The Kier molecular flexibility index (Phi) is 5.63. The molecule has 1 fully saturated rings. The summed E-state index contributed by atoms with van der Waals surface area (Å²) in [6, 6.07) is 2.38. The Bertz CT molecular complexity index is 719. The van der Waals surface area contributed by atoms with Crippen molar-refractivity contribution in [3.8, 4) is 0 Å². The molecule has 10 nitrogen and oxygen atoms in total. The second-order valence-corrected chi connectivity index (χ2v) is 5.73. The van der Waals surface area contributed by atoms with E-state index in [4.69, 9.17) is 4.74 Å². The molecule has 0 aromatic heterocycles. The van der Waals surface area contributed by atoms with E-state index in [9.17, 15) is 29.8 Å². The fourth-order valence-electron chi connectivity index (χ4n) is 2.84. The van der Waals surface area contributed by atoms with Crippen molar-refractivity contribution in [1.29, 1.82) is 0 Å². The van der Waals surface area contributed by atoms with Crippen molar-refractivity contribution in [3.05, 3.63) is 44.0 Å². The summed E-state index contributed by atoms with van der Waals surface area (Å²) < 4.78 is 5.19. The van der Waals surface area contributed by atoms with Gasteiger partial charge in [0.05, 0.1) is 22.0 Å². The summed E-state index contributed by atoms with van der Waals surface area (Å²) in [4.78, 5) is 43.9. The summed E-state index contributed by atoms with van der Waals surface area (Å²) in [6.07, 6.45) is 2.34. The van der Waals surface area contributed by atoms with Gasteiger partial charge in [-0.2, -0.15) is 0 Å². The average molecular weight is 351 g/mol. The van der Waals surface area contributed by atoms with Gasteiger partial charge in [-0.3, -0.25) is 29.8 Å². The van der Waals surface area contributed by atoms with E-state index in [1.54, 1.807) is 0 Å². The molecule has 0 spiro atoms. The Labute approximate surface area is 142 Å². The maximum Gasteiger partial charge on any atom is 0.302 e. The zero-order valence-electron chi connectivity index (χ0n) is 13.5. The van der Waals surface area contributed by atoms with E-state index >= 15 is 0 Å². The standard InChI is InChI=1S/C15H17N3O7/c1-9(19)25-14-5-3-2-4-12(14)16-15(20)11-7-6-10(17(21)22)8-13(11)18(23)24/h6-8,12,14H,2-5H2,1H3,(H,16,20)/t12-,14-/m1/s1. The fraction of sp³-hybridized carbons (Fsp3) is 0.467. The normalized spacial score (nSPS) is 19.7. The third-order valence-corrected chi connectivity index (χ3v) is 3.97. The van der Waals surface area contributed by atoms with Crippen LogP contribution in [0, 0.1) is 20.2 Å². The first-order valence-electron chi connectivity index (χ1n) is 7.70. The molecule has 0 heterocycles. The van der Waals surface area contributed by atoms with Crippen LogP contribution in [0.4, 0.5) is 11.4 Å². The van der Waals surface area contributed by atoms with Gasteiger partial charge < -0.3 is 10.1 Å². The lowest BCUT2D eigenvalue weighted by Crippen LogP contribution is -2.47. The number of rotatable bonds is 5. The van der Waals surface area contributed by atoms with Gasteiger partial charge in [0, 0.05) is 13.0 Å². The number of amides is 1. The Balaban J connectivity index is 2.23. The zero-order valence-corrected chi connectivity index (χ0v) is 13.5. The molecule has 1 aromatic rings. The minimum Gasteiger partial charge on any atom is -0.460 e. The molecule has 0 saturated heterocycles. The molecule has 2 atom stereocenters. The second kappa shape index (κ2) is 7.69. The molecule has 0 aliphatic heterocycles. The summed E-state index contributed by atoms with van der Waals surface area (Å²) >= 11 is 0. The minimum atomic E-state index is -0.841. The smallest absolute Gasteiger partial charge is 0.302 e. The van der Waals surface area contributed by atoms with E-state index in [-0.39, 0.29) is 5.56 Å². The van der Waals surface area contributed by atoms with E-state index in [1.807, 2.05) is 0 Å². The van der Waals surface area contributed by atoms with Crippen LogP contribution in [-0.2, 0) is 9.53 Å². The molecule has 1 aliphatic carbocycles. The van der Waals surface area contributed by atoms with E-state index < -0.39 is 45.2 Å². The maximum atomic E-state index is 12.4. The third-order valence-electron chi connectivity index (χ3n) is 3.97. The SMILES string of the molecule is CC(=O)O[C@@H]1CCCC[C@H]1NC(=O)c1ccc([N+](=O)[O-])cc1[N+](=O)[O-]. The number of esters is 1. The van der Waals surface area contributed by atoms with Gasteiger partial charge in [-0.05, 0) is 25.3 Å². The summed E-state index contributed by atoms with van der Waals surface area (Å²) in [5.74, 6) is -1.20. The Morgan fingerprint density at radius 2 is 1.84 bits per heavy atom. The number of nitrogens with one attached hydrogen (secondary N) is 1. The van der Waals surface area contributed by atoms with Crippen molar-refractivity contribution in [1.82, 2.24) is 5.32 Å². The number of nitrogens with zero attached hydrogens (tertiary/aromatic N) is 2. The van der Waals surface area contributed by atoms with Gasteiger partial charge in [0.1, 0.15) is 11.7 Å². The molecule has 1 saturated carbocycles. The lowest BCUT2D eigenvalue weighted by Gasteiger charge is -2.31. The molecular weight excluding hydrogens is 334 g/mol. The highest BCUT2D eigenvalue weighted by molar-refractivity contribution is 5.98. The van der Waals surface area contributed by atoms with Crippen LogP contribution in [0.15, 0.2) is 18.2 Å². The molecule has 0 bridgehead atoms. The third kappa shape index (κ3) is 4.49. The number of hydrogen-bond acceptors (Lipinski definition) is 7. The predicted octanol–water partition coefficient (Wildman–Crippen LogP) is 2.11. The van der Waals surface area contributed by atoms with Crippen molar-refractivity contribution < 1.29 is 24.2 Å². The van der Waals surface area contributed by atoms with Crippen LogP contribution in [0.3, 0.4) is 0 Å². The number of nitro groups is 2. The van der Waals surface area contributed by atoms with Crippen molar-refractivity contribution in [2.45, 2.75) is 44.8 Å². The largest absolute Gasteiger partial charge is 0.460 e. The number of nitro benzene ring substituents is 2. The molecule has 1 N–H and O–H groups in total. The van der Waals surface area contributed by atoms with Gasteiger partial charge >= 0.3 is 5.97 Å². The molecule has 134 valence electrons. The number of non-ortho nitro benzene ring substituents is 1.